The van der Waals surface area contributed by atoms with Gasteiger partial charge in [0, 0.05) is 0 Å². The van der Waals surface area contributed by atoms with E-state index < -0.39 is 0 Å². The SMILES string of the molecule is CC[N+](C)(CC)c1ccc(CCC(O)Cc2ccc([N+](C)(CC)CC)cc2)cc1.[I-].[I-]. The molecule has 2 aromatic rings. The summed E-state index contributed by atoms with van der Waals surface area (Å²) in [4.78, 5) is 0. The number of hydrogen-bond acceptors (Lipinski definition) is 1. The van der Waals surface area contributed by atoms with Gasteiger partial charge in [-0.15, -0.1) is 0 Å². The summed E-state index contributed by atoms with van der Waals surface area (Å²) in [5.74, 6) is 0. The lowest BCUT2D eigenvalue weighted by molar-refractivity contribution is -0.001000. The van der Waals surface area contributed by atoms with Gasteiger partial charge >= 0.3 is 0 Å². The van der Waals surface area contributed by atoms with Gasteiger partial charge in [0.15, 0.2) is 0 Å². The number of aliphatic hydroxyl groups excluding tert-OH is 1. The van der Waals surface area contributed by atoms with Crippen LogP contribution in [0.3, 0.4) is 0 Å². The monoisotopic (exact) mass is 652 g/mol. The summed E-state index contributed by atoms with van der Waals surface area (Å²) in [7, 11) is 4.56. The van der Waals surface area contributed by atoms with Crippen molar-refractivity contribution >= 4 is 11.4 Å². The number of nitrogens with zero attached hydrogens (tertiary/aromatic N) is 2. The highest BCUT2D eigenvalue weighted by molar-refractivity contribution is 5.44. The standard InChI is InChI=1S/C26H42N2O.2HI/c1-7-27(5,8-2)24-16-11-22(12-17-24)15-20-26(29)21-23-13-18-25(19-14-23)28(6,9-3)10-4;;/h11-14,16-19,26,29H,7-10,15,20-21H2,1-6H3;2*1H/q+2;;/p-2. The third kappa shape index (κ3) is 8.25. The summed E-state index contributed by atoms with van der Waals surface area (Å²) in [5, 5.41) is 10.5. The summed E-state index contributed by atoms with van der Waals surface area (Å²) in [6, 6.07) is 17.8. The zero-order valence-corrected chi connectivity index (χ0v) is 24.6. The fourth-order valence-corrected chi connectivity index (χ4v) is 3.90. The fraction of sp³-hybridized carbons (Fsp3) is 0.538. The van der Waals surface area contributed by atoms with Gasteiger partial charge in [0.25, 0.3) is 0 Å². The molecule has 1 atom stereocenters. The van der Waals surface area contributed by atoms with E-state index in [1.54, 1.807) is 0 Å². The van der Waals surface area contributed by atoms with Crippen molar-refractivity contribution in [2.24, 2.45) is 0 Å². The van der Waals surface area contributed by atoms with Gasteiger partial charge in [-0.3, -0.25) is 8.97 Å². The average Bonchev–Trinajstić information content (AvgIpc) is 2.77. The van der Waals surface area contributed by atoms with Crippen LogP contribution >= 0.6 is 0 Å². The van der Waals surface area contributed by atoms with E-state index >= 15 is 0 Å². The van der Waals surface area contributed by atoms with Crippen LogP contribution in [0.5, 0.6) is 0 Å². The molecule has 3 nitrogen and oxygen atoms in total. The van der Waals surface area contributed by atoms with E-state index in [1.165, 1.54) is 22.5 Å². The zero-order valence-electron chi connectivity index (χ0n) is 20.2. The van der Waals surface area contributed by atoms with Crippen LogP contribution in [0.15, 0.2) is 48.5 Å². The Balaban J connectivity index is 0.00000450. The number of hydrogen-bond donors (Lipinski definition) is 1. The molecule has 0 aliphatic rings. The molecular weight excluding hydrogens is 610 g/mol. The van der Waals surface area contributed by atoms with E-state index in [1.807, 2.05) is 0 Å². The number of aryl methyl sites for hydroxylation is 1. The van der Waals surface area contributed by atoms with Crippen LogP contribution in [0.1, 0.15) is 45.2 Å². The summed E-state index contributed by atoms with van der Waals surface area (Å²) in [6.07, 6.45) is 2.14. The first-order valence-corrected chi connectivity index (χ1v) is 11.4. The van der Waals surface area contributed by atoms with Gasteiger partial charge < -0.3 is 53.1 Å². The maximum Gasteiger partial charge on any atom is 0.132 e. The van der Waals surface area contributed by atoms with Crippen molar-refractivity contribution in [1.82, 2.24) is 8.97 Å². The highest BCUT2D eigenvalue weighted by Crippen LogP contribution is 2.23. The van der Waals surface area contributed by atoms with Gasteiger partial charge in [-0.25, -0.2) is 0 Å². The van der Waals surface area contributed by atoms with Crippen molar-refractivity contribution in [2.45, 2.75) is 53.1 Å². The van der Waals surface area contributed by atoms with Gasteiger partial charge in [-0.2, -0.15) is 0 Å². The summed E-state index contributed by atoms with van der Waals surface area (Å²) < 4.78 is 1.92. The van der Waals surface area contributed by atoms with E-state index in [2.05, 4.69) is 90.3 Å². The fourth-order valence-electron chi connectivity index (χ4n) is 3.90. The molecule has 5 heteroatoms. The largest absolute Gasteiger partial charge is 1.00 e. The topological polar surface area (TPSA) is 20.2 Å². The Kier molecular flexibility index (Phi) is 14.0. The van der Waals surface area contributed by atoms with Crippen LogP contribution in [-0.2, 0) is 12.8 Å². The van der Waals surface area contributed by atoms with Gasteiger partial charge in [0.1, 0.15) is 11.4 Å². The van der Waals surface area contributed by atoms with Gasteiger partial charge in [0.2, 0.25) is 0 Å². The Hall–Kier alpha value is -0.220. The molecule has 0 bridgehead atoms. The third-order valence-corrected chi connectivity index (χ3v) is 7.15. The molecule has 2 aromatic carbocycles. The minimum Gasteiger partial charge on any atom is -1.00 e. The number of quaternary nitrogens is 2. The van der Waals surface area contributed by atoms with Crippen molar-refractivity contribution < 1.29 is 53.1 Å². The van der Waals surface area contributed by atoms with Crippen LogP contribution < -0.4 is 56.9 Å². The first kappa shape index (κ1) is 30.8. The van der Waals surface area contributed by atoms with E-state index in [9.17, 15) is 5.11 Å². The highest BCUT2D eigenvalue weighted by atomic mass is 127. The highest BCUT2D eigenvalue weighted by Gasteiger charge is 2.21. The van der Waals surface area contributed by atoms with Crippen molar-refractivity contribution in [3.05, 3.63) is 59.7 Å². The van der Waals surface area contributed by atoms with Crippen LogP contribution in [0.2, 0.25) is 0 Å². The van der Waals surface area contributed by atoms with Gasteiger partial charge in [-0.05, 0) is 82.3 Å². The molecule has 0 aliphatic carbocycles. The lowest BCUT2D eigenvalue weighted by atomic mass is 10.0. The third-order valence-electron chi connectivity index (χ3n) is 7.15. The summed E-state index contributed by atoms with van der Waals surface area (Å²) >= 11 is 0. The first-order valence-electron chi connectivity index (χ1n) is 11.4. The molecule has 0 amide bonds. The number of benzene rings is 2. The zero-order chi connectivity index (χ0) is 21.5. The minimum atomic E-state index is -0.300. The number of aliphatic hydroxyl groups is 1. The lowest BCUT2D eigenvalue weighted by Gasteiger charge is -2.31. The molecule has 31 heavy (non-hydrogen) atoms. The molecule has 2 rings (SSSR count). The molecule has 176 valence electrons. The molecule has 0 radical (unpaired) electrons. The maximum absolute atomic E-state index is 10.5. The molecule has 1 unspecified atom stereocenters. The molecule has 0 spiro atoms. The van der Waals surface area contributed by atoms with Crippen molar-refractivity contribution in [1.29, 1.82) is 0 Å². The smallest absolute Gasteiger partial charge is 0.132 e. The first-order chi connectivity index (χ1) is 13.8. The van der Waals surface area contributed by atoms with Gasteiger partial charge in [0.05, 0.1) is 46.4 Å². The second-order valence-corrected chi connectivity index (χ2v) is 8.79. The number of rotatable bonds is 11. The number of halogens is 2. The molecule has 0 aromatic heterocycles. The Labute approximate surface area is 225 Å². The second kappa shape index (κ2) is 14.1. The van der Waals surface area contributed by atoms with E-state index in [4.69, 9.17) is 0 Å². The minimum absolute atomic E-state index is 0. The van der Waals surface area contributed by atoms with E-state index in [0.29, 0.717) is 0 Å². The Morgan fingerprint density at radius 1 is 0.645 bits per heavy atom. The van der Waals surface area contributed by atoms with E-state index in [0.717, 1.165) is 54.4 Å². The average molecular weight is 652 g/mol. The predicted octanol–water partition coefficient (Wildman–Crippen LogP) is -0.815. The molecule has 0 heterocycles. The van der Waals surface area contributed by atoms with E-state index in [-0.39, 0.29) is 54.1 Å². The predicted molar refractivity (Wildman–Crippen MR) is 129 cm³/mol. The van der Waals surface area contributed by atoms with Crippen LogP contribution in [0.4, 0.5) is 11.4 Å². The summed E-state index contributed by atoms with van der Waals surface area (Å²) in [5.41, 5.74) is 5.23. The second-order valence-electron chi connectivity index (χ2n) is 8.79. The Morgan fingerprint density at radius 3 is 1.35 bits per heavy atom. The molecule has 0 saturated carbocycles. The van der Waals surface area contributed by atoms with Crippen LogP contribution in [0, 0.1) is 0 Å². The van der Waals surface area contributed by atoms with Crippen LogP contribution in [-0.4, -0.2) is 51.5 Å². The quantitative estimate of drug-likeness (QED) is 0.249. The Morgan fingerprint density at radius 2 is 1.00 bits per heavy atom. The molecule has 0 fully saturated rings. The Bertz CT molecular complexity index is 739. The molecular formula is C26H42I2N2O. The van der Waals surface area contributed by atoms with Crippen molar-refractivity contribution in [3.8, 4) is 0 Å². The molecule has 0 saturated heterocycles. The molecule has 0 aliphatic heterocycles. The van der Waals surface area contributed by atoms with Crippen molar-refractivity contribution in [3.63, 3.8) is 0 Å². The van der Waals surface area contributed by atoms with Crippen molar-refractivity contribution in [2.75, 3.05) is 40.3 Å². The summed E-state index contributed by atoms with van der Waals surface area (Å²) in [6.45, 7) is 13.3. The maximum atomic E-state index is 10.5. The normalized spacial score (nSPS) is 12.6. The lowest BCUT2D eigenvalue weighted by Crippen LogP contribution is -3.00. The van der Waals surface area contributed by atoms with Crippen LogP contribution in [0.25, 0.3) is 0 Å². The van der Waals surface area contributed by atoms with Gasteiger partial charge in [-0.1, -0.05) is 24.3 Å². The molecule has 1 N–H and O–H groups in total.